The predicted octanol–water partition coefficient (Wildman–Crippen LogP) is 2.15. The fraction of sp³-hybridized carbons (Fsp3) is 0.438. The van der Waals surface area contributed by atoms with Crippen molar-refractivity contribution in [1.82, 2.24) is 4.90 Å². The van der Waals surface area contributed by atoms with Crippen LogP contribution in [0.25, 0.3) is 11.0 Å². The predicted molar refractivity (Wildman–Crippen MR) is 80.6 cm³/mol. The number of aromatic carboxylic acids is 1. The maximum atomic E-state index is 11.1. The van der Waals surface area contributed by atoms with Crippen LogP contribution in [0.1, 0.15) is 16.1 Å². The van der Waals surface area contributed by atoms with Crippen LogP contribution in [0, 0.1) is 6.92 Å². The number of ether oxygens (including phenoxy) is 2. The molecule has 1 aliphatic rings. The summed E-state index contributed by atoms with van der Waals surface area (Å²) in [5.74, 6) is -0.399. The number of nitrogens with zero attached hydrogens (tertiary/aromatic N) is 1. The van der Waals surface area contributed by atoms with Crippen LogP contribution in [0.2, 0.25) is 0 Å². The fourth-order valence-electron chi connectivity index (χ4n) is 2.65. The first-order valence-corrected chi connectivity index (χ1v) is 7.24. The van der Waals surface area contributed by atoms with Gasteiger partial charge in [-0.25, -0.2) is 4.79 Å². The Bertz CT molecular complexity index is 693. The van der Waals surface area contributed by atoms with Crippen molar-refractivity contribution < 1.29 is 23.8 Å². The molecule has 1 aliphatic heterocycles. The molecule has 6 heteroatoms. The highest BCUT2D eigenvalue weighted by atomic mass is 16.5. The lowest BCUT2D eigenvalue weighted by atomic mass is 10.1. The van der Waals surface area contributed by atoms with Gasteiger partial charge in [-0.1, -0.05) is 0 Å². The first-order valence-electron chi connectivity index (χ1n) is 7.24. The average Bonchev–Trinajstić information content (AvgIpc) is 2.82. The number of carboxylic acid groups (broad SMARTS) is 1. The molecule has 0 unspecified atom stereocenters. The molecule has 6 nitrogen and oxygen atoms in total. The summed E-state index contributed by atoms with van der Waals surface area (Å²) in [5.41, 5.74) is 1.16. The molecular formula is C16H19NO5. The van der Waals surface area contributed by atoms with Gasteiger partial charge in [-0.3, -0.25) is 0 Å². The molecule has 0 amide bonds. The van der Waals surface area contributed by atoms with Crippen LogP contribution in [-0.2, 0) is 4.74 Å². The number of fused-ring (bicyclic) bond motifs is 1. The number of likely N-dealkylation sites (N-methyl/N-ethyl adjacent to an activating group) is 1. The van der Waals surface area contributed by atoms with Gasteiger partial charge in [0.05, 0.1) is 6.61 Å². The summed E-state index contributed by atoms with van der Waals surface area (Å²) in [6.07, 6.45) is 0.0504. The minimum absolute atomic E-state index is 0.0237. The van der Waals surface area contributed by atoms with E-state index in [2.05, 4.69) is 11.9 Å². The lowest BCUT2D eigenvalue weighted by molar-refractivity contribution is -0.0403. The molecule has 1 saturated heterocycles. The minimum Gasteiger partial charge on any atom is -0.491 e. The molecule has 1 N–H and O–H groups in total. The van der Waals surface area contributed by atoms with E-state index in [9.17, 15) is 4.79 Å². The summed E-state index contributed by atoms with van der Waals surface area (Å²) in [5, 5.41) is 9.85. The van der Waals surface area contributed by atoms with Crippen molar-refractivity contribution in [3.8, 4) is 5.75 Å². The summed E-state index contributed by atoms with van der Waals surface area (Å²) in [6.45, 7) is 4.70. The summed E-state index contributed by atoms with van der Waals surface area (Å²) in [7, 11) is 2.06. The molecule has 22 heavy (non-hydrogen) atoms. The van der Waals surface area contributed by atoms with E-state index < -0.39 is 5.97 Å². The highest BCUT2D eigenvalue weighted by Gasteiger charge is 2.19. The zero-order valence-corrected chi connectivity index (χ0v) is 12.7. The second-order valence-electron chi connectivity index (χ2n) is 5.59. The van der Waals surface area contributed by atoms with E-state index in [0.717, 1.165) is 18.5 Å². The molecule has 2 heterocycles. The summed E-state index contributed by atoms with van der Waals surface area (Å²) < 4.78 is 16.8. The Kier molecular flexibility index (Phi) is 4.04. The highest BCUT2D eigenvalue weighted by molar-refractivity contribution is 5.95. The normalized spacial score (nSPS) is 19.5. The van der Waals surface area contributed by atoms with Gasteiger partial charge in [-0.2, -0.15) is 0 Å². The van der Waals surface area contributed by atoms with Gasteiger partial charge in [-0.15, -0.1) is 0 Å². The van der Waals surface area contributed by atoms with Gasteiger partial charge < -0.3 is 23.9 Å². The molecular weight excluding hydrogens is 286 g/mol. The third kappa shape index (κ3) is 2.93. The van der Waals surface area contributed by atoms with Gasteiger partial charge in [0.1, 0.15) is 24.0 Å². The lowest BCUT2D eigenvalue weighted by Gasteiger charge is -2.29. The molecule has 1 aromatic heterocycles. The van der Waals surface area contributed by atoms with Crippen molar-refractivity contribution in [3.63, 3.8) is 0 Å². The Morgan fingerprint density at radius 3 is 3.05 bits per heavy atom. The first-order chi connectivity index (χ1) is 10.5. The standard InChI is InChI=1S/C16H19NO5/c1-10-13-7-11(3-4-14(13)22-15(10)16(18)19)21-9-12-8-17(2)5-6-20-12/h3-4,7,12H,5-6,8-9H2,1-2H3,(H,18,19)/t12-/m1/s1. The second kappa shape index (κ2) is 5.98. The Balaban J connectivity index is 1.74. The number of hydrogen-bond acceptors (Lipinski definition) is 5. The molecule has 0 saturated carbocycles. The van der Waals surface area contributed by atoms with Crippen LogP contribution in [0.4, 0.5) is 0 Å². The summed E-state index contributed by atoms with van der Waals surface area (Å²) in [6, 6.07) is 5.33. The van der Waals surface area contributed by atoms with E-state index in [1.807, 2.05) is 6.07 Å². The third-order valence-corrected chi connectivity index (χ3v) is 3.88. The molecule has 1 fully saturated rings. The Morgan fingerprint density at radius 2 is 2.32 bits per heavy atom. The van der Waals surface area contributed by atoms with Crippen molar-refractivity contribution in [2.75, 3.05) is 33.4 Å². The molecule has 2 aromatic rings. The number of rotatable bonds is 4. The van der Waals surface area contributed by atoms with Gasteiger partial charge in [0.2, 0.25) is 5.76 Å². The maximum absolute atomic E-state index is 11.1. The number of furan rings is 1. The average molecular weight is 305 g/mol. The fourth-order valence-corrected chi connectivity index (χ4v) is 2.65. The number of benzene rings is 1. The number of hydrogen-bond donors (Lipinski definition) is 1. The Labute approximate surface area is 128 Å². The first kappa shape index (κ1) is 14.9. The molecule has 1 aromatic carbocycles. The van der Waals surface area contributed by atoms with E-state index in [1.54, 1.807) is 19.1 Å². The zero-order chi connectivity index (χ0) is 15.7. The molecule has 1 atom stereocenters. The maximum Gasteiger partial charge on any atom is 0.372 e. The summed E-state index contributed by atoms with van der Waals surface area (Å²) >= 11 is 0. The van der Waals surface area contributed by atoms with E-state index in [-0.39, 0.29) is 11.9 Å². The van der Waals surface area contributed by atoms with Gasteiger partial charge in [0.15, 0.2) is 0 Å². The van der Waals surface area contributed by atoms with E-state index in [4.69, 9.17) is 19.0 Å². The van der Waals surface area contributed by atoms with Crippen LogP contribution in [-0.4, -0.2) is 55.4 Å². The molecule has 3 rings (SSSR count). The Hall–Kier alpha value is -2.05. The molecule has 0 radical (unpaired) electrons. The van der Waals surface area contributed by atoms with Crippen molar-refractivity contribution in [3.05, 3.63) is 29.5 Å². The zero-order valence-electron chi connectivity index (χ0n) is 12.7. The number of carbonyl (C=O) groups is 1. The monoisotopic (exact) mass is 305 g/mol. The highest BCUT2D eigenvalue weighted by Crippen LogP contribution is 2.29. The largest absolute Gasteiger partial charge is 0.491 e. The van der Waals surface area contributed by atoms with E-state index >= 15 is 0 Å². The summed E-state index contributed by atoms with van der Waals surface area (Å²) in [4.78, 5) is 13.3. The van der Waals surface area contributed by atoms with Gasteiger partial charge >= 0.3 is 5.97 Å². The smallest absolute Gasteiger partial charge is 0.372 e. The Morgan fingerprint density at radius 1 is 1.50 bits per heavy atom. The van der Waals surface area contributed by atoms with Crippen molar-refractivity contribution in [1.29, 1.82) is 0 Å². The SMILES string of the molecule is Cc1c(C(=O)O)oc2ccc(OC[C@H]3CN(C)CCO3)cc12. The minimum atomic E-state index is -1.06. The van der Waals surface area contributed by atoms with Crippen LogP contribution in [0.3, 0.4) is 0 Å². The number of carboxylic acids is 1. The van der Waals surface area contributed by atoms with Crippen molar-refractivity contribution in [2.24, 2.45) is 0 Å². The number of morpholine rings is 1. The quantitative estimate of drug-likeness (QED) is 0.933. The van der Waals surface area contributed by atoms with Crippen LogP contribution < -0.4 is 4.74 Å². The van der Waals surface area contributed by atoms with Crippen LogP contribution in [0.5, 0.6) is 5.75 Å². The van der Waals surface area contributed by atoms with Crippen molar-refractivity contribution in [2.45, 2.75) is 13.0 Å². The molecule has 0 aliphatic carbocycles. The van der Waals surface area contributed by atoms with Crippen LogP contribution in [0.15, 0.2) is 22.6 Å². The van der Waals surface area contributed by atoms with Gasteiger partial charge in [0, 0.05) is 24.0 Å². The molecule has 0 bridgehead atoms. The lowest BCUT2D eigenvalue weighted by Crippen LogP contribution is -2.42. The molecule has 0 spiro atoms. The van der Waals surface area contributed by atoms with Crippen molar-refractivity contribution >= 4 is 16.9 Å². The molecule has 118 valence electrons. The second-order valence-corrected chi connectivity index (χ2v) is 5.59. The number of aryl methyl sites for hydroxylation is 1. The van der Waals surface area contributed by atoms with E-state index in [0.29, 0.717) is 30.1 Å². The van der Waals surface area contributed by atoms with Crippen LogP contribution >= 0.6 is 0 Å². The third-order valence-electron chi connectivity index (χ3n) is 3.88. The topological polar surface area (TPSA) is 72.1 Å². The van der Waals surface area contributed by atoms with E-state index in [1.165, 1.54) is 0 Å². The van der Waals surface area contributed by atoms with Gasteiger partial charge in [0.25, 0.3) is 0 Å². The van der Waals surface area contributed by atoms with Gasteiger partial charge in [-0.05, 0) is 32.2 Å².